The first-order chi connectivity index (χ1) is 11.8. The Morgan fingerprint density at radius 3 is 1.71 bits per heavy atom. The van der Waals surface area contributed by atoms with Crippen LogP contribution in [0.1, 0.15) is 0 Å². The maximum atomic E-state index is 6.30. The number of nitrogen functional groups attached to an aromatic ring is 1. The lowest BCUT2D eigenvalue weighted by atomic mass is 10.0. The van der Waals surface area contributed by atoms with Crippen LogP contribution in [0, 0.1) is 0 Å². The highest BCUT2D eigenvalue weighted by Gasteiger charge is 2.19. The summed E-state index contributed by atoms with van der Waals surface area (Å²) < 4.78 is 2.01. The highest BCUT2D eigenvalue weighted by Crippen LogP contribution is 2.35. The molecule has 24 heavy (non-hydrogen) atoms. The molecule has 0 aliphatic heterocycles. The Labute approximate surface area is 141 Å². The highest BCUT2D eigenvalue weighted by molar-refractivity contribution is 5.82. The summed E-state index contributed by atoms with van der Waals surface area (Å²) in [5.41, 5.74) is 11.3. The second kappa shape index (κ2) is 6.05. The molecule has 0 saturated carbocycles. The largest absolute Gasteiger partial charge is 0.369 e. The number of hydrogen-bond acceptors (Lipinski definition) is 2. The number of nitrogens with zero attached hydrogens (tertiary/aromatic N) is 2. The number of anilines is 1. The molecule has 0 amide bonds. The summed E-state index contributed by atoms with van der Waals surface area (Å²) in [5, 5.41) is 0. The molecule has 4 aromatic rings. The fraction of sp³-hybridized carbons (Fsp3) is 0. The second-order valence-corrected chi connectivity index (χ2v) is 5.57. The zero-order valence-corrected chi connectivity index (χ0v) is 13.1. The van der Waals surface area contributed by atoms with Crippen molar-refractivity contribution in [3.8, 4) is 28.2 Å². The topological polar surface area (TPSA) is 43.8 Å². The van der Waals surface area contributed by atoms with E-state index in [0.717, 1.165) is 28.2 Å². The highest BCUT2D eigenvalue weighted by atomic mass is 15.2. The van der Waals surface area contributed by atoms with Gasteiger partial charge in [-0.2, -0.15) is 0 Å². The van der Waals surface area contributed by atoms with E-state index in [4.69, 9.17) is 5.73 Å². The van der Waals surface area contributed by atoms with Gasteiger partial charge in [0.1, 0.15) is 0 Å². The summed E-state index contributed by atoms with van der Waals surface area (Å²) in [7, 11) is 0. The first-order valence-corrected chi connectivity index (χ1v) is 7.89. The van der Waals surface area contributed by atoms with Crippen LogP contribution < -0.4 is 5.73 Å². The summed E-state index contributed by atoms with van der Waals surface area (Å²) in [6.45, 7) is 0. The van der Waals surface area contributed by atoms with Crippen molar-refractivity contribution in [1.82, 2.24) is 9.55 Å². The third-order valence-corrected chi connectivity index (χ3v) is 4.01. The molecule has 116 valence electrons. The molecule has 0 bridgehead atoms. The maximum absolute atomic E-state index is 6.30. The van der Waals surface area contributed by atoms with Gasteiger partial charge in [0.05, 0.1) is 11.4 Å². The lowest BCUT2D eigenvalue weighted by molar-refractivity contribution is 1.08. The molecule has 0 radical (unpaired) electrons. The molecule has 3 aromatic carbocycles. The van der Waals surface area contributed by atoms with Crippen molar-refractivity contribution in [3.63, 3.8) is 0 Å². The number of aromatic nitrogens is 2. The minimum Gasteiger partial charge on any atom is -0.369 e. The molecule has 0 atom stereocenters. The van der Waals surface area contributed by atoms with E-state index in [0.29, 0.717) is 5.95 Å². The minimum absolute atomic E-state index is 0.485. The molecule has 0 fully saturated rings. The quantitative estimate of drug-likeness (QED) is 0.591. The molecule has 0 aliphatic rings. The van der Waals surface area contributed by atoms with Gasteiger partial charge in [-0.05, 0) is 12.1 Å². The number of benzene rings is 3. The normalized spacial score (nSPS) is 10.7. The number of para-hydroxylation sites is 1. The third-order valence-electron chi connectivity index (χ3n) is 4.01. The van der Waals surface area contributed by atoms with Crippen molar-refractivity contribution in [2.45, 2.75) is 0 Å². The summed E-state index contributed by atoms with van der Waals surface area (Å²) >= 11 is 0. The first kappa shape index (κ1) is 14.3. The zero-order chi connectivity index (χ0) is 16.4. The summed E-state index contributed by atoms with van der Waals surface area (Å²) in [4.78, 5) is 4.67. The molecule has 4 rings (SSSR count). The van der Waals surface area contributed by atoms with Crippen molar-refractivity contribution in [2.75, 3.05) is 5.73 Å². The SMILES string of the molecule is Nc1nc(-c2ccccc2)c(-c2ccccc2)n1-c1ccccc1. The third kappa shape index (κ3) is 2.46. The van der Waals surface area contributed by atoms with E-state index >= 15 is 0 Å². The molecule has 3 heteroatoms. The Hall–Kier alpha value is -3.33. The van der Waals surface area contributed by atoms with Crippen LogP contribution in [0.25, 0.3) is 28.2 Å². The fourth-order valence-corrected chi connectivity index (χ4v) is 2.94. The molecular formula is C21H17N3. The smallest absolute Gasteiger partial charge is 0.205 e. The summed E-state index contributed by atoms with van der Waals surface area (Å²) in [5.74, 6) is 0.485. The van der Waals surface area contributed by atoms with Crippen LogP contribution in [-0.4, -0.2) is 9.55 Å². The maximum Gasteiger partial charge on any atom is 0.205 e. The average Bonchev–Trinajstić information content (AvgIpc) is 3.01. The van der Waals surface area contributed by atoms with Gasteiger partial charge in [-0.25, -0.2) is 4.98 Å². The van der Waals surface area contributed by atoms with Crippen molar-refractivity contribution >= 4 is 5.95 Å². The molecular weight excluding hydrogens is 294 g/mol. The van der Waals surface area contributed by atoms with Crippen molar-refractivity contribution in [2.24, 2.45) is 0 Å². The van der Waals surface area contributed by atoms with Gasteiger partial charge in [-0.1, -0.05) is 78.9 Å². The molecule has 0 unspecified atom stereocenters. The van der Waals surface area contributed by atoms with Gasteiger partial charge in [-0.3, -0.25) is 4.57 Å². The van der Waals surface area contributed by atoms with E-state index in [1.54, 1.807) is 0 Å². The predicted molar refractivity (Wildman–Crippen MR) is 98.8 cm³/mol. The van der Waals surface area contributed by atoms with Gasteiger partial charge in [0.25, 0.3) is 0 Å². The zero-order valence-electron chi connectivity index (χ0n) is 13.1. The Morgan fingerprint density at radius 2 is 1.12 bits per heavy atom. The monoisotopic (exact) mass is 311 g/mol. The Morgan fingerprint density at radius 1 is 0.625 bits per heavy atom. The number of imidazole rings is 1. The first-order valence-electron chi connectivity index (χ1n) is 7.89. The van der Waals surface area contributed by atoms with E-state index in [9.17, 15) is 0 Å². The van der Waals surface area contributed by atoms with Crippen LogP contribution in [0.4, 0.5) is 5.95 Å². The van der Waals surface area contributed by atoms with Gasteiger partial charge < -0.3 is 5.73 Å². The minimum atomic E-state index is 0.485. The number of hydrogen-bond donors (Lipinski definition) is 1. The molecule has 2 N–H and O–H groups in total. The average molecular weight is 311 g/mol. The van der Waals surface area contributed by atoms with Crippen LogP contribution in [0.5, 0.6) is 0 Å². The van der Waals surface area contributed by atoms with Crippen LogP contribution >= 0.6 is 0 Å². The molecule has 1 aromatic heterocycles. The lowest BCUT2D eigenvalue weighted by Gasteiger charge is -2.11. The van der Waals surface area contributed by atoms with Crippen molar-refractivity contribution in [3.05, 3.63) is 91.0 Å². The van der Waals surface area contributed by atoms with Crippen LogP contribution in [0.3, 0.4) is 0 Å². The van der Waals surface area contributed by atoms with Gasteiger partial charge >= 0.3 is 0 Å². The van der Waals surface area contributed by atoms with E-state index in [1.165, 1.54) is 0 Å². The number of rotatable bonds is 3. The fourth-order valence-electron chi connectivity index (χ4n) is 2.94. The standard InChI is InChI=1S/C21H17N3/c22-21-23-19(16-10-4-1-5-11-16)20(17-12-6-2-7-13-17)24(21)18-14-8-3-9-15-18/h1-15H,(H2,22,23). The van der Waals surface area contributed by atoms with Gasteiger partial charge in [0.15, 0.2) is 0 Å². The van der Waals surface area contributed by atoms with Crippen LogP contribution in [0.2, 0.25) is 0 Å². The second-order valence-electron chi connectivity index (χ2n) is 5.57. The molecule has 1 heterocycles. The van der Waals surface area contributed by atoms with E-state index in [-0.39, 0.29) is 0 Å². The molecule has 0 saturated heterocycles. The summed E-state index contributed by atoms with van der Waals surface area (Å²) in [6, 6.07) is 30.5. The van der Waals surface area contributed by atoms with Crippen LogP contribution in [0.15, 0.2) is 91.0 Å². The van der Waals surface area contributed by atoms with E-state index in [1.807, 2.05) is 71.3 Å². The summed E-state index contributed by atoms with van der Waals surface area (Å²) in [6.07, 6.45) is 0. The van der Waals surface area contributed by atoms with Crippen LogP contribution in [-0.2, 0) is 0 Å². The van der Waals surface area contributed by atoms with Crippen molar-refractivity contribution < 1.29 is 0 Å². The Kier molecular flexibility index (Phi) is 3.60. The van der Waals surface area contributed by atoms with Gasteiger partial charge in [0, 0.05) is 16.8 Å². The number of nitrogens with two attached hydrogens (primary N) is 1. The molecule has 0 aliphatic carbocycles. The van der Waals surface area contributed by atoms with Crippen molar-refractivity contribution in [1.29, 1.82) is 0 Å². The van der Waals surface area contributed by atoms with E-state index < -0.39 is 0 Å². The lowest BCUT2D eigenvalue weighted by Crippen LogP contribution is -2.02. The predicted octanol–water partition coefficient (Wildman–Crippen LogP) is 4.79. The Balaban J connectivity index is 2.03. The molecule has 3 nitrogen and oxygen atoms in total. The van der Waals surface area contributed by atoms with E-state index in [2.05, 4.69) is 29.2 Å². The molecule has 0 spiro atoms. The van der Waals surface area contributed by atoms with Gasteiger partial charge in [0.2, 0.25) is 5.95 Å². The van der Waals surface area contributed by atoms with Gasteiger partial charge in [-0.15, -0.1) is 0 Å². The Bertz CT molecular complexity index is 943.